The lowest BCUT2D eigenvalue weighted by Crippen LogP contribution is -2.36. The summed E-state index contributed by atoms with van der Waals surface area (Å²) in [5.41, 5.74) is 1.59. The monoisotopic (exact) mass is 378 g/mol. The molecule has 1 fully saturated rings. The minimum Gasteiger partial charge on any atom is -0.451 e. The zero-order valence-electron chi connectivity index (χ0n) is 15.1. The van der Waals surface area contributed by atoms with Crippen LogP contribution in [-0.2, 0) is 4.79 Å². The number of carbonyl (C=O) groups is 2. The molecule has 1 aliphatic heterocycles. The number of amides is 2. The van der Waals surface area contributed by atoms with Crippen molar-refractivity contribution >= 4 is 11.8 Å². The van der Waals surface area contributed by atoms with Crippen LogP contribution in [0.2, 0.25) is 0 Å². The van der Waals surface area contributed by atoms with Crippen molar-refractivity contribution in [1.29, 1.82) is 0 Å². The highest BCUT2D eigenvalue weighted by Gasteiger charge is 2.31. The first kappa shape index (κ1) is 18.0. The standard InChI is InChI=1S/C22H19FN2O3/c23-17-8-6-16(7-9-17)19-10-11-20(28-19)22(27)25-13-12-24-21(26)14-18(25)15-4-2-1-3-5-15/h1-11,18H,12-14H2,(H,24,26)/t18-/m0/s1. The van der Waals surface area contributed by atoms with E-state index in [1.165, 1.54) is 12.1 Å². The van der Waals surface area contributed by atoms with E-state index < -0.39 is 0 Å². The first-order valence-corrected chi connectivity index (χ1v) is 9.10. The largest absolute Gasteiger partial charge is 0.451 e. The van der Waals surface area contributed by atoms with Gasteiger partial charge in [-0.1, -0.05) is 30.3 Å². The fraction of sp³-hybridized carbons (Fsp3) is 0.182. The van der Waals surface area contributed by atoms with Crippen molar-refractivity contribution < 1.29 is 18.4 Å². The molecular weight excluding hydrogens is 359 g/mol. The van der Waals surface area contributed by atoms with Gasteiger partial charge in [-0.15, -0.1) is 0 Å². The maximum Gasteiger partial charge on any atom is 0.290 e. The number of benzene rings is 2. The number of carbonyl (C=O) groups excluding carboxylic acids is 2. The third kappa shape index (κ3) is 3.67. The third-order valence-corrected chi connectivity index (χ3v) is 4.82. The van der Waals surface area contributed by atoms with E-state index in [0.29, 0.717) is 24.4 Å². The molecule has 0 saturated carbocycles. The third-order valence-electron chi connectivity index (χ3n) is 4.82. The quantitative estimate of drug-likeness (QED) is 0.754. The molecule has 4 rings (SSSR count). The Morgan fingerprint density at radius 3 is 2.54 bits per heavy atom. The molecule has 0 radical (unpaired) electrons. The molecule has 2 heterocycles. The summed E-state index contributed by atoms with van der Waals surface area (Å²) >= 11 is 0. The molecule has 0 unspecified atom stereocenters. The number of rotatable bonds is 3. The minimum atomic E-state index is -0.365. The van der Waals surface area contributed by atoms with Crippen LogP contribution >= 0.6 is 0 Å². The summed E-state index contributed by atoms with van der Waals surface area (Å²) in [6, 6.07) is 18.3. The van der Waals surface area contributed by atoms with E-state index in [1.807, 2.05) is 30.3 Å². The van der Waals surface area contributed by atoms with Crippen molar-refractivity contribution in [1.82, 2.24) is 10.2 Å². The van der Waals surface area contributed by atoms with Gasteiger partial charge in [0.1, 0.15) is 11.6 Å². The van der Waals surface area contributed by atoms with Gasteiger partial charge in [-0.2, -0.15) is 0 Å². The zero-order chi connectivity index (χ0) is 19.5. The highest BCUT2D eigenvalue weighted by atomic mass is 19.1. The summed E-state index contributed by atoms with van der Waals surface area (Å²) in [4.78, 5) is 26.9. The molecule has 0 bridgehead atoms. The van der Waals surface area contributed by atoms with Gasteiger partial charge in [0, 0.05) is 18.7 Å². The summed E-state index contributed by atoms with van der Waals surface area (Å²) in [6.07, 6.45) is 0.196. The highest BCUT2D eigenvalue weighted by molar-refractivity contribution is 5.93. The molecule has 6 heteroatoms. The van der Waals surface area contributed by atoms with Gasteiger partial charge in [0.2, 0.25) is 5.91 Å². The van der Waals surface area contributed by atoms with Crippen LogP contribution in [-0.4, -0.2) is 29.8 Å². The number of furan rings is 1. The second kappa shape index (κ2) is 7.68. The van der Waals surface area contributed by atoms with Crippen molar-refractivity contribution in [2.24, 2.45) is 0 Å². The molecule has 0 spiro atoms. The van der Waals surface area contributed by atoms with Crippen molar-refractivity contribution in [2.75, 3.05) is 13.1 Å². The number of halogens is 1. The Kier molecular flexibility index (Phi) is 4.93. The molecule has 1 atom stereocenters. The molecule has 5 nitrogen and oxygen atoms in total. The van der Waals surface area contributed by atoms with E-state index in [1.54, 1.807) is 29.2 Å². The summed E-state index contributed by atoms with van der Waals surface area (Å²) < 4.78 is 18.9. The summed E-state index contributed by atoms with van der Waals surface area (Å²) in [7, 11) is 0. The van der Waals surface area contributed by atoms with E-state index in [-0.39, 0.29) is 35.9 Å². The smallest absolute Gasteiger partial charge is 0.290 e. The Bertz CT molecular complexity index is 983. The van der Waals surface area contributed by atoms with Crippen molar-refractivity contribution in [3.63, 3.8) is 0 Å². The predicted molar refractivity (Wildman–Crippen MR) is 102 cm³/mol. The molecular formula is C22H19FN2O3. The highest BCUT2D eigenvalue weighted by Crippen LogP contribution is 2.29. The van der Waals surface area contributed by atoms with Crippen LogP contribution in [0.4, 0.5) is 4.39 Å². The maximum absolute atomic E-state index is 13.2. The van der Waals surface area contributed by atoms with Crippen molar-refractivity contribution in [3.8, 4) is 11.3 Å². The Hall–Kier alpha value is -3.41. The fourth-order valence-electron chi connectivity index (χ4n) is 3.41. The maximum atomic E-state index is 13.2. The number of nitrogens with zero attached hydrogens (tertiary/aromatic N) is 1. The molecule has 1 aliphatic rings. The van der Waals surface area contributed by atoms with Crippen LogP contribution in [0.1, 0.15) is 28.6 Å². The van der Waals surface area contributed by atoms with E-state index in [2.05, 4.69) is 5.32 Å². The summed E-state index contributed by atoms with van der Waals surface area (Å²) in [5, 5.41) is 2.82. The van der Waals surface area contributed by atoms with Crippen LogP contribution < -0.4 is 5.32 Å². The zero-order valence-corrected chi connectivity index (χ0v) is 15.1. The van der Waals surface area contributed by atoms with E-state index in [0.717, 1.165) is 5.56 Å². The van der Waals surface area contributed by atoms with Crippen LogP contribution in [0.25, 0.3) is 11.3 Å². The molecule has 1 saturated heterocycles. The van der Waals surface area contributed by atoms with E-state index in [9.17, 15) is 14.0 Å². The van der Waals surface area contributed by atoms with Gasteiger partial charge in [0.05, 0.1) is 12.5 Å². The van der Waals surface area contributed by atoms with Gasteiger partial charge >= 0.3 is 0 Å². The molecule has 142 valence electrons. The Morgan fingerprint density at radius 2 is 1.79 bits per heavy atom. The molecule has 0 aliphatic carbocycles. The Balaban J connectivity index is 1.63. The van der Waals surface area contributed by atoms with Crippen LogP contribution in [0, 0.1) is 5.82 Å². The average molecular weight is 378 g/mol. The first-order chi connectivity index (χ1) is 13.6. The van der Waals surface area contributed by atoms with Gasteiger partial charge in [-0.25, -0.2) is 4.39 Å². The van der Waals surface area contributed by atoms with Gasteiger partial charge in [-0.3, -0.25) is 9.59 Å². The lowest BCUT2D eigenvalue weighted by molar-refractivity contribution is -0.121. The second-order valence-corrected chi connectivity index (χ2v) is 6.65. The van der Waals surface area contributed by atoms with Gasteiger partial charge in [0.25, 0.3) is 5.91 Å². The molecule has 28 heavy (non-hydrogen) atoms. The number of nitrogens with one attached hydrogen (secondary N) is 1. The topological polar surface area (TPSA) is 62.6 Å². The molecule has 1 aromatic heterocycles. The molecule has 3 aromatic rings. The lowest BCUT2D eigenvalue weighted by atomic mass is 10.0. The average Bonchev–Trinajstić information content (AvgIpc) is 3.12. The molecule has 1 N–H and O–H groups in total. The number of hydrogen-bond donors (Lipinski definition) is 1. The van der Waals surface area contributed by atoms with Crippen LogP contribution in [0.15, 0.2) is 71.1 Å². The normalized spacial score (nSPS) is 17.1. The van der Waals surface area contributed by atoms with Crippen LogP contribution in [0.5, 0.6) is 0 Å². The Labute approximate surface area is 161 Å². The fourth-order valence-corrected chi connectivity index (χ4v) is 3.41. The summed E-state index contributed by atoms with van der Waals surface area (Å²) in [5.74, 6) is -0.0217. The van der Waals surface area contributed by atoms with Gasteiger partial charge < -0.3 is 14.6 Å². The van der Waals surface area contributed by atoms with E-state index in [4.69, 9.17) is 4.42 Å². The van der Waals surface area contributed by atoms with E-state index >= 15 is 0 Å². The van der Waals surface area contributed by atoms with Crippen molar-refractivity contribution in [2.45, 2.75) is 12.5 Å². The first-order valence-electron chi connectivity index (χ1n) is 9.10. The van der Waals surface area contributed by atoms with Gasteiger partial charge in [0.15, 0.2) is 5.76 Å². The number of hydrogen-bond acceptors (Lipinski definition) is 3. The predicted octanol–water partition coefficient (Wildman–Crippen LogP) is 3.79. The van der Waals surface area contributed by atoms with Crippen molar-refractivity contribution in [3.05, 3.63) is 83.9 Å². The molecule has 2 aromatic carbocycles. The molecule has 2 amide bonds. The van der Waals surface area contributed by atoms with Crippen LogP contribution in [0.3, 0.4) is 0 Å². The second-order valence-electron chi connectivity index (χ2n) is 6.65. The Morgan fingerprint density at radius 1 is 1.04 bits per heavy atom. The summed E-state index contributed by atoms with van der Waals surface area (Å²) in [6.45, 7) is 0.774. The van der Waals surface area contributed by atoms with Gasteiger partial charge in [-0.05, 0) is 42.0 Å². The lowest BCUT2D eigenvalue weighted by Gasteiger charge is -2.28. The SMILES string of the molecule is O=C1C[C@@H](c2ccccc2)N(C(=O)c2ccc(-c3ccc(F)cc3)o2)CCN1. The minimum absolute atomic E-state index is 0.0874.